The van der Waals surface area contributed by atoms with Gasteiger partial charge in [0.2, 0.25) is 5.91 Å². The molecule has 0 aliphatic rings. The highest BCUT2D eigenvalue weighted by Gasteiger charge is 2.11. The standard InChI is InChI=1S/C25H22ClN3O2S/c26-21-7-3-4-17(13-21)10-11-27-25(31)22-16-32-24(29-22)15-28-23(30)14-18-8-9-19-5-1-2-6-20(19)12-18/h1-9,12-13,16H,10-11,14-15H2,(H,27,31)(H,28,30). The Morgan fingerprint density at radius 1 is 0.906 bits per heavy atom. The highest BCUT2D eigenvalue weighted by Crippen LogP contribution is 2.16. The first-order valence-electron chi connectivity index (χ1n) is 10.3. The molecule has 1 aromatic heterocycles. The first-order valence-corrected chi connectivity index (χ1v) is 11.5. The summed E-state index contributed by atoms with van der Waals surface area (Å²) in [4.78, 5) is 29.0. The molecule has 0 bridgehead atoms. The van der Waals surface area contributed by atoms with E-state index in [9.17, 15) is 9.59 Å². The quantitative estimate of drug-likeness (QED) is 0.395. The molecule has 2 N–H and O–H groups in total. The van der Waals surface area contributed by atoms with Crippen molar-refractivity contribution in [3.8, 4) is 0 Å². The van der Waals surface area contributed by atoms with Gasteiger partial charge in [0.15, 0.2) is 0 Å². The summed E-state index contributed by atoms with van der Waals surface area (Å²) in [5.74, 6) is -0.306. The predicted molar refractivity (Wildman–Crippen MR) is 129 cm³/mol. The molecule has 0 spiro atoms. The third kappa shape index (κ3) is 5.93. The summed E-state index contributed by atoms with van der Waals surface area (Å²) >= 11 is 7.34. The summed E-state index contributed by atoms with van der Waals surface area (Å²) < 4.78 is 0. The Kier molecular flexibility index (Phi) is 7.14. The normalized spacial score (nSPS) is 10.8. The van der Waals surface area contributed by atoms with E-state index in [1.54, 1.807) is 5.38 Å². The van der Waals surface area contributed by atoms with E-state index in [0.717, 1.165) is 21.9 Å². The predicted octanol–water partition coefficient (Wildman–Crippen LogP) is 4.78. The monoisotopic (exact) mass is 463 g/mol. The van der Waals surface area contributed by atoms with Crippen LogP contribution in [0.2, 0.25) is 5.02 Å². The maximum atomic E-state index is 12.3. The van der Waals surface area contributed by atoms with Gasteiger partial charge in [0.25, 0.3) is 5.91 Å². The van der Waals surface area contributed by atoms with Crippen molar-refractivity contribution in [1.82, 2.24) is 15.6 Å². The zero-order chi connectivity index (χ0) is 22.3. The molecule has 1 heterocycles. The van der Waals surface area contributed by atoms with Crippen molar-refractivity contribution in [3.05, 3.63) is 99.0 Å². The van der Waals surface area contributed by atoms with Crippen LogP contribution in [0.5, 0.6) is 0 Å². The molecule has 32 heavy (non-hydrogen) atoms. The van der Waals surface area contributed by atoms with Gasteiger partial charge in [-0.05, 0) is 40.5 Å². The Morgan fingerprint density at radius 3 is 2.59 bits per heavy atom. The van der Waals surface area contributed by atoms with Gasteiger partial charge >= 0.3 is 0 Å². The summed E-state index contributed by atoms with van der Waals surface area (Å²) in [7, 11) is 0. The van der Waals surface area contributed by atoms with Crippen LogP contribution in [0.4, 0.5) is 0 Å². The lowest BCUT2D eigenvalue weighted by molar-refractivity contribution is -0.120. The number of rotatable bonds is 8. The van der Waals surface area contributed by atoms with Gasteiger partial charge in [-0.3, -0.25) is 9.59 Å². The molecule has 0 fully saturated rings. The summed E-state index contributed by atoms with van der Waals surface area (Å²) in [6.07, 6.45) is 0.987. The van der Waals surface area contributed by atoms with Gasteiger partial charge in [-0.15, -0.1) is 11.3 Å². The zero-order valence-electron chi connectivity index (χ0n) is 17.3. The molecule has 0 radical (unpaired) electrons. The van der Waals surface area contributed by atoms with E-state index in [0.29, 0.717) is 41.7 Å². The Bertz CT molecular complexity index is 1250. The second-order valence-corrected chi connectivity index (χ2v) is 8.78. The largest absolute Gasteiger partial charge is 0.350 e. The number of thiazole rings is 1. The lowest BCUT2D eigenvalue weighted by Gasteiger charge is -2.05. The zero-order valence-corrected chi connectivity index (χ0v) is 18.9. The average molecular weight is 464 g/mol. The van der Waals surface area contributed by atoms with Crippen LogP contribution in [0.1, 0.15) is 26.6 Å². The van der Waals surface area contributed by atoms with E-state index in [1.165, 1.54) is 11.3 Å². The number of hydrogen-bond donors (Lipinski definition) is 2. The van der Waals surface area contributed by atoms with Crippen LogP contribution in [0.25, 0.3) is 10.8 Å². The number of fused-ring (bicyclic) bond motifs is 1. The van der Waals surface area contributed by atoms with Crippen LogP contribution in [-0.4, -0.2) is 23.3 Å². The molecule has 0 saturated carbocycles. The highest BCUT2D eigenvalue weighted by molar-refractivity contribution is 7.09. The van der Waals surface area contributed by atoms with Gasteiger partial charge in [0, 0.05) is 16.9 Å². The van der Waals surface area contributed by atoms with E-state index in [-0.39, 0.29) is 11.8 Å². The second-order valence-electron chi connectivity index (χ2n) is 7.40. The van der Waals surface area contributed by atoms with Crippen LogP contribution >= 0.6 is 22.9 Å². The van der Waals surface area contributed by atoms with Crippen LogP contribution in [0, 0.1) is 0 Å². The molecular weight excluding hydrogens is 442 g/mol. The fraction of sp³-hybridized carbons (Fsp3) is 0.160. The van der Waals surface area contributed by atoms with Gasteiger partial charge in [0.1, 0.15) is 10.7 Å². The number of aromatic nitrogens is 1. The molecular formula is C25H22ClN3O2S. The Hall–Kier alpha value is -3.22. The maximum absolute atomic E-state index is 12.3. The van der Waals surface area contributed by atoms with Gasteiger partial charge in [0.05, 0.1) is 13.0 Å². The topological polar surface area (TPSA) is 71.1 Å². The van der Waals surface area contributed by atoms with Crippen molar-refractivity contribution in [2.75, 3.05) is 6.54 Å². The third-order valence-corrected chi connectivity index (χ3v) is 6.07. The van der Waals surface area contributed by atoms with Crippen molar-refractivity contribution >= 4 is 45.5 Å². The Morgan fingerprint density at radius 2 is 1.75 bits per heavy atom. The Balaban J connectivity index is 1.24. The molecule has 4 rings (SSSR count). The number of carbonyl (C=O) groups is 2. The number of benzene rings is 3. The number of carbonyl (C=O) groups excluding carboxylic acids is 2. The van der Waals surface area contributed by atoms with Gasteiger partial charge in [-0.25, -0.2) is 4.98 Å². The second kappa shape index (κ2) is 10.4. The lowest BCUT2D eigenvalue weighted by atomic mass is 10.1. The van der Waals surface area contributed by atoms with Crippen molar-refractivity contribution in [2.45, 2.75) is 19.4 Å². The van der Waals surface area contributed by atoms with Crippen molar-refractivity contribution in [1.29, 1.82) is 0 Å². The SMILES string of the molecule is O=C(Cc1ccc2ccccc2c1)NCc1nc(C(=O)NCCc2cccc(Cl)c2)cs1. The summed E-state index contributed by atoms with van der Waals surface area (Å²) in [6.45, 7) is 0.793. The minimum atomic E-state index is -0.225. The van der Waals surface area contributed by atoms with Crippen molar-refractivity contribution < 1.29 is 9.59 Å². The van der Waals surface area contributed by atoms with Crippen LogP contribution in [0.3, 0.4) is 0 Å². The van der Waals surface area contributed by atoms with Crippen LogP contribution in [0.15, 0.2) is 72.1 Å². The number of nitrogens with zero attached hydrogens (tertiary/aromatic N) is 1. The molecule has 0 aliphatic heterocycles. The van der Waals surface area contributed by atoms with Gasteiger partial charge in [-0.1, -0.05) is 66.2 Å². The molecule has 0 aliphatic carbocycles. The van der Waals surface area contributed by atoms with E-state index < -0.39 is 0 Å². The molecule has 0 atom stereocenters. The number of halogens is 1. The van der Waals surface area contributed by atoms with E-state index in [2.05, 4.69) is 15.6 Å². The molecule has 3 aromatic carbocycles. The first-order chi connectivity index (χ1) is 15.6. The number of amides is 2. The van der Waals surface area contributed by atoms with Crippen LogP contribution in [-0.2, 0) is 24.2 Å². The number of nitrogens with one attached hydrogen (secondary N) is 2. The third-order valence-electron chi connectivity index (χ3n) is 4.99. The fourth-order valence-electron chi connectivity index (χ4n) is 3.37. The number of hydrogen-bond acceptors (Lipinski definition) is 4. The molecule has 2 amide bonds. The Labute approximate surface area is 195 Å². The van der Waals surface area contributed by atoms with Crippen molar-refractivity contribution in [3.63, 3.8) is 0 Å². The van der Waals surface area contributed by atoms with E-state index >= 15 is 0 Å². The fourth-order valence-corrected chi connectivity index (χ4v) is 4.30. The smallest absolute Gasteiger partial charge is 0.270 e. The molecule has 0 unspecified atom stereocenters. The van der Waals surface area contributed by atoms with E-state index in [4.69, 9.17) is 11.6 Å². The van der Waals surface area contributed by atoms with Gasteiger partial charge < -0.3 is 10.6 Å². The average Bonchev–Trinajstić information content (AvgIpc) is 3.27. The molecule has 7 heteroatoms. The first kappa shape index (κ1) is 22.0. The minimum Gasteiger partial charge on any atom is -0.350 e. The summed E-state index contributed by atoms with van der Waals surface area (Å²) in [6, 6.07) is 21.7. The van der Waals surface area contributed by atoms with Crippen LogP contribution < -0.4 is 10.6 Å². The molecule has 4 aromatic rings. The van der Waals surface area contributed by atoms with E-state index in [1.807, 2.05) is 66.7 Å². The molecule has 162 valence electrons. The molecule has 0 saturated heterocycles. The van der Waals surface area contributed by atoms with Crippen molar-refractivity contribution in [2.24, 2.45) is 0 Å². The molecule has 5 nitrogen and oxygen atoms in total. The summed E-state index contributed by atoms with van der Waals surface area (Å²) in [5, 5.41) is 11.1. The lowest BCUT2D eigenvalue weighted by Crippen LogP contribution is -2.26. The maximum Gasteiger partial charge on any atom is 0.270 e. The summed E-state index contributed by atoms with van der Waals surface area (Å²) in [5.41, 5.74) is 2.38. The van der Waals surface area contributed by atoms with Gasteiger partial charge in [-0.2, -0.15) is 0 Å². The minimum absolute atomic E-state index is 0.0806. The highest BCUT2D eigenvalue weighted by atomic mass is 35.5.